The molecular weight excluding hydrogens is 370 g/mol. The molecule has 3 heterocycles. The molecule has 1 aromatic heterocycles. The van der Waals surface area contributed by atoms with Gasteiger partial charge in [-0.1, -0.05) is 0 Å². The van der Waals surface area contributed by atoms with Crippen LogP contribution in [0.1, 0.15) is 31.9 Å². The zero-order valence-electron chi connectivity index (χ0n) is 18.6. The van der Waals surface area contributed by atoms with E-state index in [4.69, 9.17) is 9.47 Å². The van der Waals surface area contributed by atoms with Crippen LogP contribution in [0.4, 0.5) is 0 Å². The highest BCUT2D eigenvalue weighted by Crippen LogP contribution is 2.34. The molecule has 2 aliphatic heterocycles. The van der Waals surface area contributed by atoms with E-state index in [1.54, 1.807) is 11.8 Å². The SMILES string of the molecule is COCC(C)(C)C(=O)N1CCO[C@@H](CN2CCCN(C)CC2)[C@@H]1c1cnn(C)c1. The van der Waals surface area contributed by atoms with Gasteiger partial charge in [0.25, 0.3) is 0 Å². The summed E-state index contributed by atoms with van der Waals surface area (Å²) in [6.45, 7) is 10.6. The number of nitrogens with zero attached hydrogens (tertiary/aromatic N) is 5. The Morgan fingerprint density at radius 3 is 2.72 bits per heavy atom. The van der Waals surface area contributed by atoms with E-state index in [0.717, 1.165) is 44.7 Å². The third kappa shape index (κ3) is 5.36. The average Bonchev–Trinajstić information content (AvgIpc) is 3.00. The molecule has 2 saturated heterocycles. The van der Waals surface area contributed by atoms with E-state index in [0.29, 0.717) is 19.8 Å². The number of hydrogen-bond acceptors (Lipinski definition) is 6. The van der Waals surface area contributed by atoms with Gasteiger partial charge >= 0.3 is 0 Å². The molecule has 1 aromatic rings. The van der Waals surface area contributed by atoms with Gasteiger partial charge in [-0.3, -0.25) is 14.4 Å². The molecule has 0 unspecified atom stereocenters. The summed E-state index contributed by atoms with van der Waals surface area (Å²) in [6, 6.07) is -0.137. The van der Waals surface area contributed by atoms with Crippen LogP contribution in [-0.4, -0.2) is 103 Å². The Labute approximate surface area is 174 Å². The summed E-state index contributed by atoms with van der Waals surface area (Å²) in [7, 11) is 5.73. The number of hydrogen-bond donors (Lipinski definition) is 0. The van der Waals surface area contributed by atoms with Crippen molar-refractivity contribution >= 4 is 5.91 Å². The predicted octanol–water partition coefficient (Wildman–Crippen LogP) is 0.999. The fraction of sp³-hybridized carbons (Fsp3) is 0.810. The van der Waals surface area contributed by atoms with E-state index < -0.39 is 5.41 Å². The molecule has 0 spiro atoms. The van der Waals surface area contributed by atoms with Crippen molar-refractivity contribution in [1.82, 2.24) is 24.5 Å². The molecule has 0 aliphatic carbocycles. The first-order valence-electron chi connectivity index (χ1n) is 10.6. The minimum atomic E-state index is -0.581. The van der Waals surface area contributed by atoms with Crippen LogP contribution in [-0.2, 0) is 21.3 Å². The molecule has 0 bridgehead atoms. The highest BCUT2D eigenvalue weighted by molar-refractivity contribution is 5.82. The second kappa shape index (κ2) is 9.55. The number of aromatic nitrogens is 2. The fourth-order valence-corrected chi connectivity index (χ4v) is 4.45. The van der Waals surface area contributed by atoms with E-state index in [1.165, 1.54) is 0 Å². The lowest BCUT2D eigenvalue weighted by Crippen LogP contribution is -2.55. The van der Waals surface area contributed by atoms with Gasteiger partial charge in [-0.25, -0.2) is 0 Å². The number of carbonyl (C=O) groups excluding carboxylic acids is 1. The van der Waals surface area contributed by atoms with Crippen molar-refractivity contribution in [3.63, 3.8) is 0 Å². The van der Waals surface area contributed by atoms with Crippen LogP contribution in [0.15, 0.2) is 12.4 Å². The van der Waals surface area contributed by atoms with Gasteiger partial charge in [0.2, 0.25) is 5.91 Å². The smallest absolute Gasteiger partial charge is 0.231 e. The highest BCUT2D eigenvalue weighted by Gasteiger charge is 2.42. The number of ether oxygens (including phenoxy) is 2. The van der Waals surface area contributed by atoms with E-state index in [-0.39, 0.29) is 18.1 Å². The molecule has 8 nitrogen and oxygen atoms in total. The van der Waals surface area contributed by atoms with Gasteiger partial charge in [0.05, 0.1) is 37.0 Å². The Morgan fingerprint density at radius 1 is 1.24 bits per heavy atom. The second-order valence-electron chi connectivity index (χ2n) is 9.07. The van der Waals surface area contributed by atoms with Crippen molar-refractivity contribution in [2.75, 3.05) is 66.6 Å². The van der Waals surface area contributed by atoms with Crippen molar-refractivity contribution in [1.29, 1.82) is 0 Å². The first-order valence-corrected chi connectivity index (χ1v) is 10.6. The van der Waals surface area contributed by atoms with Gasteiger partial charge in [-0.05, 0) is 40.4 Å². The molecule has 2 fully saturated rings. The van der Waals surface area contributed by atoms with Crippen LogP contribution in [0.25, 0.3) is 0 Å². The fourth-order valence-electron chi connectivity index (χ4n) is 4.45. The maximum atomic E-state index is 13.5. The Kier molecular flexibility index (Phi) is 7.32. The molecule has 0 radical (unpaired) electrons. The second-order valence-corrected chi connectivity index (χ2v) is 9.07. The lowest BCUT2D eigenvalue weighted by molar-refractivity contribution is -0.160. The van der Waals surface area contributed by atoms with Crippen LogP contribution < -0.4 is 0 Å². The molecule has 0 N–H and O–H groups in total. The molecule has 2 aliphatic rings. The van der Waals surface area contributed by atoms with E-state index in [1.807, 2.05) is 38.2 Å². The Morgan fingerprint density at radius 2 is 2.03 bits per heavy atom. The number of morpholine rings is 1. The zero-order valence-corrected chi connectivity index (χ0v) is 18.6. The van der Waals surface area contributed by atoms with Crippen LogP contribution in [0, 0.1) is 5.41 Å². The molecular formula is C21H37N5O3. The van der Waals surface area contributed by atoms with Gasteiger partial charge < -0.3 is 19.3 Å². The van der Waals surface area contributed by atoms with Crippen LogP contribution >= 0.6 is 0 Å². The van der Waals surface area contributed by atoms with Crippen molar-refractivity contribution < 1.29 is 14.3 Å². The summed E-state index contributed by atoms with van der Waals surface area (Å²) in [5.41, 5.74) is 0.452. The van der Waals surface area contributed by atoms with Gasteiger partial charge in [0, 0.05) is 52.1 Å². The van der Waals surface area contributed by atoms with Crippen molar-refractivity contribution in [3.8, 4) is 0 Å². The van der Waals surface area contributed by atoms with Gasteiger partial charge in [0.15, 0.2) is 0 Å². The Bertz CT molecular complexity index is 677. The number of rotatable bonds is 6. The molecule has 1 amide bonds. The standard InChI is InChI=1S/C21H37N5O3/c1-21(2,16-28-5)20(27)26-11-12-29-18(19(26)17-13-22-24(4)14-17)15-25-8-6-7-23(3)9-10-25/h13-14,18-19H,6-12,15-16H2,1-5H3/t18-,19-/m0/s1. The Balaban J connectivity index is 1.83. The topological polar surface area (TPSA) is 63.1 Å². The van der Waals surface area contributed by atoms with Gasteiger partial charge in [-0.15, -0.1) is 0 Å². The summed E-state index contributed by atoms with van der Waals surface area (Å²) in [4.78, 5) is 20.3. The Hall–Kier alpha value is -1.48. The minimum absolute atomic E-state index is 0.0707. The lowest BCUT2D eigenvalue weighted by atomic mass is 9.89. The van der Waals surface area contributed by atoms with Crippen LogP contribution in [0.2, 0.25) is 0 Å². The number of likely N-dealkylation sites (N-methyl/N-ethyl adjacent to an activating group) is 1. The summed E-state index contributed by atoms with van der Waals surface area (Å²) in [5.74, 6) is 0.108. The summed E-state index contributed by atoms with van der Waals surface area (Å²) < 4.78 is 13.4. The normalized spacial score (nSPS) is 25.2. The molecule has 0 aromatic carbocycles. The minimum Gasteiger partial charge on any atom is -0.384 e. The van der Waals surface area contributed by atoms with Crippen LogP contribution in [0.5, 0.6) is 0 Å². The van der Waals surface area contributed by atoms with Gasteiger partial charge in [-0.2, -0.15) is 5.10 Å². The van der Waals surface area contributed by atoms with Gasteiger partial charge in [0.1, 0.15) is 0 Å². The molecule has 0 saturated carbocycles. The van der Waals surface area contributed by atoms with Crippen molar-refractivity contribution in [2.24, 2.45) is 12.5 Å². The number of methoxy groups -OCH3 is 1. The molecule has 164 valence electrons. The summed E-state index contributed by atoms with van der Waals surface area (Å²) in [5, 5.41) is 4.37. The third-order valence-corrected chi connectivity index (χ3v) is 6.01. The maximum absolute atomic E-state index is 13.5. The third-order valence-electron chi connectivity index (χ3n) is 6.01. The number of carbonyl (C=O) groups is 1. The molecule has 8 heteroatoms. The van der Waals surface area contributed by atoms with Crippen molar-refractivity contribution in [2.45, 2.75) is 32.4 Å². The van der Waals surface area contributed by atoms with E-state index in [2.05, 4.69) is 21.9 Å². The monoisotopic (exact) mass is 407 g/mol. The largest absolute Gasteiger partial charge is 0.384 e. The average molecular weight is 408 g/mol. The molecule has 3 rings (SSSR count). The number of aryl methyl sites for hydroxylation is 1. The quantitative estimate of drug-likeness (QED) is 0.701. The predicted molar refractivity (Wildman–Crippen MR) is 112 cm³/mol. The van der Waals surface area contributed by atoms with Crippen molar-refractivity contribution in [3.05, 3.63) is 18.0 Å². The van der Waals surface area contributed by atoms with E-state index in [9.17, 15) is 4.79 Å². The van der Waals surface area contributed by atoms with E-state index >= 15 is 0 Å². The summed E-state index contributed by atoms with van der Waals surface area (Å²) >= 11 is 0. The molecule has 2 atom stereocenters. The van der Waals surface area contributed by atoms with Crippen LogP contribution in [0.3, 0.4) is 0 Å². The summed E-state index contributed by atoms with van der Waals surface area (Å²) in [6.07, 6.45) is 4.96. The lowest BCUT2D eigenvalue weighted by Gasteiger charge is -2.45. The highest BCUT2D eigenvalue weighted by atomic mass is 16.5. The zero-order chi connectivity index (χ0) is 21.0. The first-order chi connectivity index (χ1) is 13.8. The maximum Gasteiger partial charge on any atom is 0.231 e. The molecule has 29 heavy (non-hydrogen) atoms. The number of amides is 1. The first kappa shape index (κ1) is 22.2.